The average Bonchev–Trinajstić information content (AvgIpc) is 3.35. The molecule has 0 bridgehead atoms. The van der Waals surface area contributed by atoms with Crippen molar-refractivity contribution in [3.8, 4) is 11.5 Å². The summed E-state index contributed by atoms with van der Waals surface area (Å²) in [6.45, 7) is 22.6. The molecule has 1 fully saturated rings. The van der Waals surface area contributed by atoms with Gasteiger partial charge in [0.25, 0.3) is 0 Å². The minimum absolute atomic E-state index is 0.0605. The fraction of sp³-hybridized carbons (Fsp3) is 0.714. The van der Waals surface area contributed by atoms with Gasteiger partial charge in [-0.2, -0.15) is 0 Å². The summed E-state index contributed by atoms with van der Waals surface area (Å²) in [6, 6.07) is 8.31. The fourth-order valence-electron chi connectivity index (χ4n) is 3.50. The van der Waals surface area contributed by atoms with Crippen LogP contribution in [0.15, 0.2) is 29.8 Å². The zero-order chi connectivity index (χ0) is 26.1. The van der Waals surface area contributed by atoms with Gasteiger partial charge < -0.3 is 23.7 Å². The van der Waals surface area contributed by atoms with E-state index in [0.29, 0.717) is 6.10 Å². The number of epoxide rings is 1. The van der Waals surface area contributed by atoms with Crippen molar-refractivity contribution in [2.75, 3.05) is 26.8 Å². The molecular formula is C28H50O5Si2. The number of hydrogen-bond donors (Lipinski definition) is 0. The van der Waals surface area contributed by atoms with Crippen LogP contribution in [0.25, 0.3) is 0 Å². The van der Waals surface area contributed by atoms with E-state index in [4.69, 9.17) is 23.7 Å². The van der Waals surface area contributed by atoms with E-state index < -0.39 is 16.1 Å². The lowest BCUT2D eigenvalue weighted by Crippen LogP contribution is -2.22. The van der Waals surface area contributed by atoms with E-state index in [1.54, 1.807) is 0 Å². The topological polar surface area (TPSA) is 49.5 Å². The number of allylic oxidation sites excluding steroid dienone is 2. The molecule has 2 rings (SSSR count). The average molecular weight is 523 g/mol. The van der Waals surface area contributed by atoms with Gasteiger partial charge in [-0.1, -0.05) is 57.0 Å². The first kappa shape index (κ1) is 30.1. The first-order chi connectivity index (χ1) is 16.3. The second-order valence-corrected chi connectivity index (χ2v) is 24.0. The molecule has 0 amide bonds. The van der Waals surface area contributed by atoms with Crippen LogP contribution in [-0.2, 0) is 20.6 Å². The Labute approximate surface area is 216 Å². The maximum Gasteiger partial charge on any atom is 0.189 e. The van der Waals surface area contributed by atoms with Gasteiger partial charge in [-0.05, 0) is 63.8 Å². The van der Waals surface area contributed by atoms with Crippen molar-refractivity contribution in [2.24, 2.45) is 0 Å². The Morgan fingerprint density at radius 3 is 2.06 bits per heavy atom. The Hall–Kier alpha value is -1.13. The highest BCUT2D eigenvalue weighted by Crippen LogP contribution is 2.39. The summed E-state index contributed by atoms with van der Waals surface area (Å²) < 4.78 is 29.1. The van der Waals surface area contributed by atoms with Crippen LogP contribution in [0.3, 0.4) is 0 Å². The molecule has 1 atom stereocenters. The molecule has 5 nitrogen and oxygen atoms in total. The molecule has 1 aromatic rings. The Balaban J connectivity index is 1.91. The third-order valence-electron chi connectivity index (χ3n) is 6.27. The van der Waals surface area contributed by atoms with E-state index in [1.165, 1.54) is 5.57 Å². The van der Waals surface area contributed by atoms with Gasteiger partial charge in [0, 0.05) is 35.4 Å². The lowest BCUT2D eigenvalue weighted by Gasteiger charge is -2.17. The molecular weight excluding hydrogens is 472 g/mol. The molecule has 1 heterocycles. The molecule has 7 heteroatoms. The third kappa shape index (κ3) is 13.1. The highest BCUT2D eigenvalue weighted by Gasteiger charge is 2.46. The summed E-state index contributed by atoms with van der Waals surface area (Å²) in [5.41, 5.74) is 2.57. The molecule has 0 aromatic heterocycles. The molecule has 0 N–H and O–H groups in total. The molecule has 1 aliphatic rings. The minimum Gasteiger partial charge on any atom is -0.467 e. The van der Waals surface area contributed by atoms with E-state index in [2.05, 4.69) is 72.2 Å². The Kier molecular flexibility index (Phi) is 11.5. The van der Waals surface area contributed by atoms with Crippen LogP contribution in [0.5, 0.6) is 11.5 Å². The second kappa shape index (κ2) is 13.4. The zero-order valence-electron chi connectivity index (χ0n) is 23.8. The summed E-state index contributed by atoms with van der Waals surface area (Å²) in [4.78, 5) is 0. The summed E-state index contributed by atoms with van der Waals surface area (Å²) >= 11 is 0. The van der Waals surface area contributed by atoms with E-state index in [1.807, 2.05) is 12.1 Å². The van der Waals surface area contributed by atoms with Crippen LogP contribution < -0.4 is 9.47 Å². The highest BCUT2D eigenvalue weighted by atomic mass is 28.3. The normalized spacial score (nSPS) is 18.0. The van der Waals surface area contributed by atoms with Crippen molar-refractivity contribution in [1.82, 2.24) is 0 Å². The van der Waals surface area contributed by atoms with Crippen molar-refractivity contribution in [2.45, 2.75) is 103 Å². The lowest BCUT2D eigenvalue weighted by atomic mass is 10.0. The van der Waals surface area contributed by atoms with Crippen LogP contribution in [0.2, 0.25) is 51.4 Å². The molecule has 35 heavy (non-hydrogen) atoms. The fourth-order valence-corrected chi connectivity index (χ4v) is 5.01. The third-order valence-corrected chi connectivity index (χ3v) is 9.68. The SMILES string of the molecule is C/C(=C\Cc1ccc(OCOCC[Si](C)(C)C)cc1OCOCC[Si](C)(C)C)CC[C@H]1OC1(C)C. The maximum atomic E-state index is 6.06. The number of benzene rings is 1. The molecule has 0 saturated carbocycles. The first-order valence-electron chi connectivity index (χ1n) is 13.1. The number of hydrogen-bond acceptors (Lipinski definition) is 5. The number of ether oxygens (including phenoxy) is 5. The van der Waals surface area contributed by atoms with Gasteiger partial charge in [0.05, 0.1) is 11.7 Å². The van der Waals surface area contributed by atoms with Gasteiger partial charge in [0.15, 0.2) is 13.6 Å². The standard InChI is InChI=1S/C28H50O5Si2/c1-23(11-15-27-28(2,3)33-27)10-12-24-13-14-25(31-21-29-16-18-34(4,5)6)20-26(24)32-22-30-17-19-35(7,8)9/h10,13-14,20,27H,11-12,15-19,21-22H2,1-9H3/b23-10+/t27-/m1/s1. The summed E-state index contributed by atoms with van der Waals surface area (Å²) in [6.07, 6.45) is 5.64. The maximum absolute atomic E-state index is 6.06. The second-order valence-electron chi connectivity index (χ2n) is 12.7. The van der Waals surface area contributed by atoms with Gasteiger partial charge >= 0.3 is 0 Å². The summed E-state index contributed by atoms with van der Waals surface area (Å²) in [5, 5.41) is 0. The molecule has 0 aliphatic carbocycles. The minimum atomic E-state index is -1.11. The van der Waals surface area contributed by atoms with Crippen molar-refractivity contribution in [3.63, 3.8) is 0 Å². The molecule has 0 spiro atoms. The monoisotopic (exact) mass is 522 g/mol. The van der Waals surface area contributed by atoms with E-state index >= 15 is 0 Å². The predicted octanol–water partition coefficient (Wildman–Crippen LogP) is 7.52. The van der Waals surface area contributed by atoms with Gasteiger partial charge in [-0.25, -0.2) is 0 Å². The van der Waals surface area contributed by atoms with Crippen molar-refractivity contribution in [1.29, 1.82) is 0 Å². The van der Waals surface area contributed by atoms with Crippen LogP contribution >= 0.6 is 0 Å². The van der Waals surface area contributed by atoms with Crippen LogP contribution in [0.4, 0.5) is 0 Å². The first-order valence-corrected chi connectivity index (χ1v) is 20.5. The molecule has 200 valence electrons. The van der Waals surface area contributed by atoms with Crippen molar-refractivity contribution in [3.05, 3.63) is 35.4 Å². The quantitative estimate of drug-likeness (QED) is 0.0696. The summed E-state index contributed by atoms with van der Waals surface area (Å²) in [5.74, 6) is 1.57. The van der Waals surface area contributed by atoms with E-state index in [0.717, 1.165) is 61.6 Å². The smallest absolute Gasteiger partial charge is 0.189 e. The van der Waals surface area contributed by atoms with Gasteiger partial charge in [0.1, 0.15) is 11.5 Å². The molecule has 1 saturated heterocycles. The molecule has 0 unspecified atom stereocenters. The molecule has 1 aliphatic heterocycles. The van der Waals surface area contributed by atoms with Crippen molar-refractivity contribution < 1.29 is 23.7 Å². The lowest BCUT2D eigenvalue weighted by molar-refractivity contribution is 0.0175. The van der Waals surface area contributed by atoms with E-state index in [-0.39, 0.29) is 19.2 Å². The van der Waals surface area contributed by atoms with Crippen LogP contribution in [0, 0.1) is 0 Å². The van der Waals surface area contributed by atoms with Crippen LogP contribution in [0.1, 0.15) is 39.2 Å². The predicted molar refractivity (Wildman–Crippen MR) is 151 cm³/mol. The van der Waals surface area contributed by atoms with Gasteiger partial charge in [-0.15, -0.1) is 0 Å². The zero-order valence-corrected chi connectivity index (χ0v) is 25.8. The van der Waals surface area contributed by atoms with E-state index in [9.17, 15) is 0 Å². The summed E-state index contributed by atoms with van der Waals surface area (Å²) in [7, 11) is -2.21. The largest absolute Gasteiger partial charge is 0.467 e. The Bertz CT molecular complexity index is 809. The highest BCUT2D eigenvalue weighted by molar-refractivity contribution is 6.76. The Morgan fingerprint density at radius 1 is 0.943 bits per heavy atom. The molecule has 1 aromatic carbocycles. The Morgan fingerprint density at radius 2 is 1.51 bits per heavy atom. The number of rotatable bonds is 17. The van der Waals surface area contributed by atoms with Gasteiger partial charge in [0.2, 0.25) is 0 Å². The van der Waals surface area contributed by atoms with Crippen molar-refractivity contribution >= 4 is 16.1 Å². The molecule has 0 radical (unpaired) electrons. The van der Waals surface area contributed by atoms with Gasteiger partial charge in [-0.3, -0.25) is 0 Å². The van der Waals surface area contributed by atoms with Crippen LogP contribution in [-0.4, -0.2) is 54.7 Å².